The molecule has 0 aliphatic rings. The van der Waals surface area contributed by atoms with Crippen LogP contribution in [0.3, 0.4) is 0 Å². The molecule has 0 atom stereocenters. The summed E-state index contributed by atoms with van der Waals surface area (Å²) in [6.45, 7) is 3.10. The number of aromatic nitrogens is 1. The fourth-order valence-corrected chi connectivity index (χ4v) is 4.29. The summed E-state index contributed by atoms with van der Waals surface area (Å²) in [6, 6.07) is 18.8. The third-order valence-electron chi connectivity index (χ3n) is 4.87. The smallest absolute Gasteiger partial charge is 0.404 e. The number of nitrogens with zero attached hydrogens (tertiary/aromatic N) is 1. The van der Waals surface area contributed by atoms with Crippen LogP contribution in [0.15, 0.2) is 60.7 Å². The Morgan fingerprint density at radius 2 is 1.66 bits per heavy atom. The standard InChI is InChI=1S/C18H24N4O3S2.C8H9NO2/c1-2-25-17(24)16-15(13-9-5-3-6-10-13)22-18(26-16)21-14(23)11-7-4-8-12-20-27-19;9-8(10)11-6-7-4-2-1-3-5-7/h3,5-6,9-10,20H,2,4,7-8,11-12,19H2,1H3,(H,21,22,23);1-5H,6H2,(H2,9,10). The van der Waals surface area contributed by atoms with E-state index < -0.39 is 12.1 Å². The van der Waals surface area contributed by atoms with Gasteiger partial charge in [-0.3, -0.25) is 14.7 Å². The minimum atomic E-state index is -0.742. The lowest BCUT2D eigenvalue weighted by Gasteiger charge is -2.02. The van der Waals surface area contributed by atoms with Crippen molar-refractivity contribution in [1.29, 1.82) is 0 Å². The van der Waals surface area contributed by atoms with Crippen molar-refractivity contribution in [2.45, 2.75) is 39.2 Å². The van der Waals surface area contributed by atoms with Crippen molar-refractivity contribution < 1.29 is 23.9 Å². The number of esters is 1. The van der Waals surface area contributed by atoms with Crippen LogP contribution in [0.5, 0.6) is 0 Å². The highest BCUT2D eigenvalue weighted by Gasteiger charge is 2.21. The first-order chi connectivity index (χ1) is 18.4. The Kier molecular flexibility index (Phi) is 14.5. The van der Waals surface area contributed by atoms with Gasteiger partial charge in [0, 0.05) is 30.7 Å². The average Bonchev–Trinajstić information content (AvgIpc) is 3.35. The Bertz CT molecular complexity index is 1130. The van der Waals surface area contributed by atoms with Gasteiger partial charge in [-0.2, -0.15) is 0 Å². The molecule has 0 spiro atoms. The Labute approximate surface area is 230 Å². The number of nitrogens with two attached hydrogens (primary N) is 2. The van der Waals surface area contributed by atoms with Crippen molar-refractivity contribution >= 4 is 46.6 Å². The van der Waals surface area contributed by atoms with E-state index in [-0.39, 0.29) is 19.1 Å². The molecule has 2 amide bonds. The van der Waals surface area contributed by atoms with Gasteiger partial charge in [0.05, 0.1) is 12.3 Å². The van der Waals surface area contributed by atoms with Crippen molar-refractivity contribution in [2.24, 2.45) is 10.9 Å². The molecule has 204 valence electrons. The molecule has 0 aliphatic heterocycles. The molecule has 1 heterocycles. The van der Waals surface area contributed by atoms with E-state index in [1.807, 2.05) is 60.7 Å². The largest absolute Gasteiger partial charge is 0.462 e. The van der Waals surface area contributed by atoms with Crippen LogP contribution in [0, 0.1) is 0 Å². The van der Waals surface area contributed by atoms with Gasteiger partial charge < -0.3 is 20.5 Å². The Morgan fingerprint density at radius 3 is 2.29 bits per heavy atom. The maximum absolute atomic E-state index is 12.3. The molecule has 0 aliphatic carbocycles. The predicted molar refractivity (Wildman–Crippen MR) is 151 cm³/mol. The summed E-state index contributed by atoms with van der Waals surface area (Å²) in [6.07, 6.45) is 2.34. The van der Waals surface area contributed by atoms with E-state index in [1.54, 1.807) is 6.92 Å². The number of benzene rings is 2. The number of ether oxygens (including phenoxy) is 2. The fraction of sp³-hybridized carbons (Fsp3) is 0.308. The molecule has 3 aromatic rings. The van der Waals surface area contributed by atoms with Crippen LogP contribution in [0.1, 0.15) is 47.8 Å². The van der Waals surface area contributed by atoms with E-state index in [1.165, 1.54) is 0 Å². The number of thiazole rings is 1. The van der Waals surface area contributed by atoms with E-state index in [4.69, 9.17) is 15.6 Å². The molecular formula is C26H33N5O5S2. The molecule has 1 aromatic heterocycles. The highest BCUT2D eigenvalue weighted by atomic mass is 32.2. The lowest BCUT2D eigenvalue weighted by molar-refractivity contribution is -0.116. The molecule has 12 heteroatoms. The molecule has 38 heavy (non-hydrogen) atoms. The van der Waals surface area contributed by atoms with Crippen molar-refractivity contribution in [1.82, 2.24) is 9.71 Å². The molecule has 2 aromatic carbocycles. The first kappa shape index (κ1) is 30.8. The molecule has 3 rings (SSSR count). The first-order valence-electron chi connectivity index (χ1n) is 12.0. The topological polar surface area (TPSA) is 159 Å². The second kappa shape index (κ2) is 17.9. The van der Waals surface area contributed by atoms with Gasteiger partial charge in [-0.1, -0.05) is 78.4 Å². The van der Waals surface area contributed by atoms with Gasteiger partial charge in [0.25, 0.3) is 0 Å². The average molecular weight is 560 g/mol. The van der Waals surface area contributed by atoms with E-state index in [0.717, 1.165) is 60.4 Å². The van der Waals surface area contributed by atoms with Crippen LogP contribution in [-0.2, 0) is 20.9 Å². The quantitative estimate of drug-likeness (QED) is 0.130. The zero-order valence-electron chi connectivity index (χ0n) is 21.2. The Balaban J connectivity index is 0.000000384. The molecule has 0 radical (unpaired) electrons. The van der Waals surface area contributed by atoms with Gasteiger partial charge in [0.2, 0.25) is 5.91 Å². The van der Waals surface area contributed by atoms with E-state index in [9.17, 15) is 14.4 Å². The number of nitrogens with one attached hydrogen (secondary N) is 2. The van der Waals surface area contributed by atoms with Crippen LogP contribution in [0.2, 0.25) is 0 Å². The van der Waals surface area contributed by atoms with E-state index >= 15 is 0 Å². The highest BCUT2D eigenvalue weighted by molar-refractivity contribution is 7.95. The molecule has 0 unspecified atom stereocenters. The number of carbonyl (C=O) groups excluding carboxylic acids is 3. The third-order valence-corrected chi connectivity index (χ3v) is 6.19. The normalized spacial score (nSPS) is 10.2. The minimum Gasteiger partial charge on any atom is -0.462 e. The van der Waals surface area contributed by atoms with Gasteiger partial charge in [0.15, 0.2) is 5.13 Å². The van der Waals surface area contributed by atoms with Gasteiger partial charge in [0.1, 0.15) is 11.5 Å². The summed E-state index contributed by atoms with van der Waals surface area (Å²) in [5, 5.41) is 8.47. The van der Waals surface area contributed by atoms with Crippen molar-refractivity contribution in [3.63, 3.8) is 0 Å². The van der Waals surface area contributed by atoms with Crippen LogP contribution >= 0.6 is 23.5 Å². The SMILES string of the molecule is CCOC(=O)c1sc(NC(=O)CCCCCNSN)nc1-c1ccccc1.NC(=O)OCc1ccccc1. The summed E-state index contributed by atoms with van der Waals surface area (Å²) in [7, 11) is 0. The van der Waals surface area contributed by atoms with Crippen LogP contribution < -0.4 is 20.9 Å². The van der Waals surface area contributed by atoms with Gasteiger partial charge in [-0.15, -0.1) is 0 Å². The minimum absolute atomic E-state index is 0.111. The number of hydrogen-bond donors (Lipinski definition) is 4. The van der Waals surface area contributed by atoms with Crippen LogP contribution in [-0.4, -0.2) is 36.1 Å². The Hall–Kier alpha value is -3.45. The zero-order chi connectivity index (χ0) is 27.6. The van der Waals surface area contributed by atoms with Crippen LogP contribution in [0.4, 0.5) is 9.93 Å². The molecule has 10 nitrogen and oxygen atoms in total. The molecule has 0 fully saturated rings. The van der Waals surface area contributed by atoms with Crippen LogP contribution in [0.25, 0.3) is 11.3 Å². The number of hydrogen-bond acceptors (Lipinski definition) is 10. The third kappa shape index (κ3) is 11.7. The van der Waals surface area contributed by atoms with E-state index in [2.05, 4.69) is 19.8 Å². The maximum atomic E-state index is 12.3. The maximum Gasteiger partial charge on any atom is 0.404 e. The first-order valence-corrected chi connectivity index (χ1v) is 13.7. The van der Waals surface area contributed by atoms with Gasteiger partial charge in [-0.05, 0) is 25.3 Å². The second-order valence-electron chi connectivity index (χ2n) is 7.75. The molecule has 0 saturated heterocycles. The lowest BCUT2D eigenvalue weighted by Crippen LogP contribution is -2.12. The van der Waals surface area contributed by atoms with Gasteiger partial charge >= 0.3 is 12.1 Å². The number of unbranched alkanes of at least 4 members (excludes halogenated alkanes) is 2. The van der Waals surface area contributed by atoms with Crippen molar-refractivity contribution in [3.05, 3.63) is 71.1 Å². The monoisotopic (exact) mass is 559 g/mol. The molecule has 0 saturated carbocycles. The highest BCUT2D eigenvalue weighted by Crippen LogP contribution is 2.32. The van der Waals surface area contributed by atoms with Crippen molar-refractivity contribution in [2.75, 3.05) is 18.5 Å². The number of amides is 2. The Morgan fingerprint density at radius 1 is 0.974 bits per heavy atom. The number of anilines is 1. The number of carbonyl (C=O) groups is 3. The second-order valence-corrected chi connectivity index (χ2v) is 9.27. The zero-order valence-corrected chi connectivity index (χ0v) is 22.8. The number of primary amides is 1. The summed E-state index contributed by atoms with van der Waals surface area (Å²) in [5.41, 5.74) is 7.05. The summed E-state index contributed by atoms with van der Waals surface area (Å²) >= 11 is 2.24. The lowest BCUT2D eigenvalue weighted by atomic mass is 10.1. The molecule has 0 bridgehead atoms. The van der Waals surface area contributed by atoms with E-state index in [0.29, 0.717) is 22.1 Å². The fourth-order valence-electron chi connectivity index (χ4n) is 3.13. The molecule has 6 N–H and O–H groups in total. The van der Waals surface area contributed by atoms with Crippen molar-refractivity contribution in [3.8, 4) is 11.3 Å². The molecular weight excluding hydrogens is 526 g/mol. The number of rotatable bonds is 13. The van der Waals surface area contributed by atoms with Gasteiger partial charge in [-0.25, -0.2) is 14.6 Å². The summed E-state index contributed by atoms with van der Waals surface area (Å²) in [4.78, 5) is 39.4. The predicted octanol–water partition coefficient (Wildman–Crippen LogP) is 4.88. The summed E-state index contributed by atoms with van der Waals surface area (Å²) in [5.74, 6) is -0.542. The summed E-state index contributed by atoms with van der Waals surface area (Å²) < 4.78 is 12.7.